The number of allylic oxidation sites excluding steroid dienone is 4. The maximum atomic E-state index is 2.92. The van der Waals surface area contributed by atoms with Crippen LogP contribution < -0.4 is 5.32 Å². The summed E-state index contributed by atoms with van der Waals surface area (Å²) in [4.78, 5) is 0. The first kappa shape index (κ1) is 7.24. The van der Waals surface area contributed by atoms with Gasteiger partial charge in [-0.1, -0.05) is 12.2 Å². The number of nitrogens with one attached hydrogen (secondary N) is 1. The van der Waals surface area contributed by atoms with Gasteiger partial charge < -0.3 is 5.32 Å². The fourth-order valence-electron chi connectivity index (χ4n) is 0.406. The van der Waals surface area contributed by atoms with E-state index >= 15 is 0 Å². The second-order valence-electron chi connectivity index (χ2n) is 1.27. The van der Waals surface area contributed by atoms with Crippen LogP contribution in [-0.2, 0) is 0 Å². The zero-order chi connectivity index (χ0) is 4.95. The van der Waals surface area contributed by atoms with Gasteiger partial charge in [-0.05, 0) is 12.2 Å². The molecule has 0 spiro atoms. The lowest BCUT2D eigenvalue weighted by atomic mass is 10.5. The van der Waals surface area contributed by atoms with Crippen LogP contribution >= 0.6 is 0 Å². The average Bonchev–Trinajstić information content (AvgIpc) is 1.90. The van der Waals surface area contributed by atoms with Gasteiger partial charge in [0.25, 0.3) is 0 Å². The normalized spacial score (nSPS) is 14.0. The molecule has 1 aliphatic rings. The van der Waals surface area contributed by atoms with Gasteiger partial charge >= 0.3 is 0 Å². The summed E-state index contributed by atoms with van der Waals surface area (Å²) < 4.78 is 0. The van der Waals surface area contributed by atoms with Crippen molar-refractivity contribution < 1.29 is 0 Å². The molecule has 2 heteroatoms. The average molecular weight is 121 g/mol. The minimum atomic E-state index is 0. The van der Waals surface area contributed by atoms with E-state index in [-0.39, 0.29) is 11.0 Å². The van der Waals surface area contributed by atoms with Crippen LogP contribution in [0.5, 0.6) is 0 Å². The molecule has 0 aromatic carbocycles. The zero-order valence-electron chi connectivity index (χ0n) is 4.46. The van der Waals surface area contributed by atoms with Crippen LogP contribution in [0.25, 0.3) is 0 Å². The van der Waals surface area contributed by atoms with Crippen molar-refractivity contribution in [1.82, 2.24) is 5.32 Å². The van der Waals surface area contributed by atoms with Crippen molar-refractivity contribution >= 4 is 11.0 Å². The molecular formula is C6H7NSi. The molecule has 0 saturated carbocycles. The first-order valence-electron chi connectivity index (χ1n) is 2.24. The molecule has 4 radical (unpaired) electrons. The highest BCUT2D eigenvalue weighted by Gasteiger charge is 1.67. The van der Waals surface area contributed by atoms with Gasteiger partial charge in [-0.15, -0.1) is 0 Å². The summed E-state index contributed by atoms with van der Waals surface area (Å²) >= 11 is 0. The third-order valence-electron chi connectivity index (χ3n) is 0.718. The molecule has 40 valence electrons. The lowest BCUT2D eigenvalue weighted by Crippen LogP contribution is -1.87. The summed E-state index contributed by atoms with van der Waals surface area (Å²) in [7, 11) is 0. The van der Waals surface area contributed by atoms with E-state index in [1.54, 1.807) is 0 Å². The summed E-state index contributed by atoms with van der Waals surface area (Å²) in [5.74, 6) is 0. The van der Waals surface area contributed by atoms with Crippen molar-refractivity contribution in [1.29, 1.82) is 0 Å². The van der Waals surface area contributed by atoms with Gasteiger partial charge in [0.05, 0.1) is 0 Å². The van der Waals surface area contributed by atoms with Crippen LogP contribution in [0, 0.1) is 0 Å². The topological polar surface area (TPSA) is 12.0 Å². The maximum Gasteiger partial charge on any atom is 0.000442 e. The Morgan fingerprint density at radius 1 is 0.750 bits per heavy atom. The van der Waals surface area contributed by atoms with Gasteiger partial charge in [0.2, 0.25) is 0 Å². The summed E-state index contributed by atoms with van der Waals surface area (Å²) in [6.07, 6.45) is 11.6. The van der Waals surface area contributed by atoms with Gasteiger partial charge in [0, 0.05) is 23.4 Å². The predicted molar refractivity (Wildman–Crippen MR) is 36.3 cm³/mol. The molecule has 0 bridgehead atoms. The van der Waals surface area contributed by atoms with Crippen molar-refractivity contribution in [3.63, 3.8) is 0 Å². The minimum absolute atomic E-state index is 0. The molecule has 8 heavy (non-hydrogen) atoms. The second-order valence-corrected chi connectivity index (χ2v) is 1.27. The molecule has 0 saturated heterocycles. The van der Waals surface area contributed by atoms with Crippen molar-refractivity contribution in [3.8, 4) is 0 Å². The predicted octanol–water partition coefficient (Wildman–Crippen LogP) is 0.792. The Morgan fingerprint density at radius 3 is 1.75 bits per heavy atom. The Balaban J connectivity index is 0.000000490. The third kappa shape index (κ3) is 2.42. The van der Waals surface area contributed by atoms with E-state index in [0.29, 0.717) is 0 Å². The first-order chi connectivity index (χ1) is 3.50. The quantitative estimate of drug-likeness (QED) is 0.467. The molecule has 0 atom stereocenters. The SMILES string of the molecule is C1=CC=CNC=C1.[Si]. The Bertz CT molecular complexity index is 110. The lowest BCUT2D eigenvalue weighted by molar-refractivity contribution is 1.20. The fourth-order valence-corrected chi connectivity index (χ4v) is 0.406. The number of hydrogen-bond donors (Lipinski definition) is 1. The van der Waals surface area contributed by atoms with Crippen molar-refractivity contribution in [2.75, 3.05) is 0 Å². The Labute approximate surface area is 53.8 Å². The summed E-state index contributed by atoms with van der Waals surface area (Å²) in [6.45, 7) is 0. The minimum Gasteiger partial charge on any atom is -0.368 e. The molecule has 0 fully saturated rings. The number of hydrogen-bond acceptors (Lipinski definition) is 1. The van der Waals surface area contributed by atoms with E-state index < -0.39 is 0 Å². The molecule has 1 N–H and O–H groups in total. The highest BCUT2D eigenvalue weighted by Crippen LogP contribution is 1.81. The Hall–Kier alpha value is -0.763. The van der Waals surface area contributed by atoms with Gasteiger partial charge in [0.1, 0.15) is 0 Å². The molecule has 1 heterocycles. The fraction of sp³-hybridized carbons (Fsp3) is 0. The molecule has 1 nitrogen and oxygen atoms in total. The van der Waals surface area contributed by atoms with E-state index in [0.717, 1.165) is 0 Å². The molecule has 1 rings (SSSR count). The molecule has 0 unspecified atom stereocenters. The van der Waals surface area contributed by atoms with Gasteiger partial charge in [-0.3, -0.25) is 0 Å². The van der Waals surface area contributed by atoms with Gasteiger partial charge in [-0.2, -0.15) is 0 Å². The first-order valence-corrected chi connectivity index (χ1v) is 2.24. The van der Waals surface area contributed by atoms with E-state index in [4.69, 9.17) is 0 Å². The zero-order valence-corrected chi connectivity index (χ0v) is 5.46. The summed E-state index contributed by atoms with van der Waals surface area (Å²) in [5.41, 5.74) is 0. The van der Waals surface area contributed by atoms with Crippen LogP contribution in [0.15, 0.2) is 36.7 Å². The molecule has 0 amide bonds. The molecule has 0 aromatic heterocycles. The molecule has 0 aliphatic carbocycles. The van der Waals surface area contributed by atoms with Crippen molar-refractivity contribution in [2.24, 2.45) is 0 Å². The van der Waals surface area contributed by atoms with Gasteiger partial charge in [0.15, 0.2) is 0 Å². The standard InChI is InChI=1S/C6H7N.Si/c1-2-4-6-7-5-3-1;/h1-7H;. The number of rotatable bonds is 0. The smallest absolute Gasteiger partial charge is 0.000442 e. The largest absolute Gasteiger partial charge is 0.368 e. The van der Waals surface area contributed by atoms with Crippen molar-refractivity contribution in [2.45, 2.75) is 0 Å². The van der Waals surface area contributed by atoms with E-state index in [1.807, 2.05) is 36.7 Å². The Morgan fingerprint density at radius 2 is 1.25 bits per heavy atom. The highest BCUT2D eigenvalue weighted by molar-refractivity contribution is 5.75. The van der Waals surface area contributed by atoms with Crippen LogP contribution in [0.4, 0.5) is 0 Å². The van der Waals surface area contributed by atoms with Crippen LogP contribution in [0.3, 0.4) is 0 Å². The van der Waals surface area contributed by atoms with E-state index in [2.05, 4.69) is 5.32 Å². The van der Waals surface area contributed by atoms with Crippen LogP contribution in [-0.4, -0.2) is 11.0 Å². The van der Waals surface area contributed by atoms with Gasteiger partial charge in [-0.25, -0.2) is 0 Å². The molecule has 0 aromatic rings. The Kier molecular flexibility index (Phi) is 3.98. The molecule has 1 aliphatic heterocycles. The highest BCUT2D eigenvalue weighted by atomic mass is 28.1. The third-order valence-corrected chi connectivity index (χ3v) is 0.718. The lowest BCUT2D eigenvalue weighted by Gasteiger charge is -1.79. The summed E-state index contributed by atoms with van der Waals surface area (Å²) in [6, 6.07) is 0. The van der Waals surface area contributed by atoms with Crippen molar-refractivity contribution in [3.05, 3.63) is 36.7 Å². The van der Waals surface area contributed by atoms with Crippen LogP contribution in [0.1, 0.15) is 0 Å². The van der Waals surface area contributed by atoms with E-state index in [9.17, 15) is 0 Å². The second kappa shape index (κ2) is 4.40. The van der Waals surface area contributed by atoms with Crippen LogP contribution in [0.2, 0.25) is 0 Å². The summed E-state index contributed by atoms with van der Waals surface area (Å²) in [5, 5.41) is 2.92. The maximum absolute atomic E-state index is 2.92. The monoisotopic (exact) mass is 121 g/mol. The molecular weight excluding hydrogens is 114 g/mol. The van der Waals surface area contributed by atoms with E-state index in [1.165, 1.54) is 0 Å².